The second-order valence-electron chi connectivity index (χ2n) is 6.17. The molecule has 26 heavy (non-hydrogen) atoms. The van der Waals surface area contributed by atoms with Crippen molar-refractivity contribution in [3.63, 3.8) is 0 Å². The molecule has 0 aliphatic carbocycles. The van der Waals surface area contributed by atoms with E-state index in [1.165, 1.54) is 5.56 Å². The quantitative estimate of drug-likeness (QED) is 0.538. The van der Waals surface area contributed by atoms with Crippen molar-refractivity contribution >= 4 is 22.4 Å². The molecule has 1 heterocycles. The Kier molecular flexibility index (Phi) is 4.48. The van der Waals surface area contributed by atoms with Crippen molar-refractivity contribution in [2.75, 3.05) is 5.32 Å². The summed E-state index contributed by atoms with van der Waals surface area (Å²) in [5.41, 5.74) is 4.17. The minimum atomic E-state index is 0.542. The van der Waals surface area contributed by atoms with Gasteiger partial charge < -0.3 is 10.1 Å². The number of hydrogen-bond acceptors (Lipinski definition) is 4. The SMILES string of the molecule is Cc1ccc2ncnc(Nc3cccc(OCc4ccccc4)c3)c2c1. The number of ether oxygens (including phenoxy) is 1. The van der Waals surface area contributed by atoms with Gasteiger partial charge in [0.15, 0.2) is 0 Å². The molecule has 0 fully saturated rings. The van der Waals surface area contributed by atoms with Crippen molar-refractivity contribution in [1.29, 1.82) is 0 Å². The molecule has 0 aliphatic heterocycles. The number of nitrogens with one attached hydrogen (secondary N) is 1. The standard InChI is InChI=1S/C22H19N3O/c1-16-10-11-21-20(12-16)22(24-15-23-21)25-18-8-5-9-19(13-18)26-14-17-6-3-2-4-7-17/h2-13,15H,14H2,1H3,(H,23,24,25). The van der Waals surface area contributed by atoms with Gasteiger partial charge in [-0.25, -0.2) is 9.97 Å². The van der Waals surface area contributed by atoms with Crippen LogP contribution in [0.1, 0.15) is 11.1 Å². The molecule has 4 rings (SSSR count). The van der Waals surface area contributed by atoms with Crippen molar-refractivity contribution < 1.29 is 4.74 Å². The van der Waals surface area contributed by atoms with Gasteiger partial charge in [-0.05, 0) is 36.8 Å². The minimum Gasteiger partial charge on any atom is -0.489 e. The molecule has 0 spiro atoms. The number of aromatic nitrogens is 2. The zero-order valence-corrected chi connectivity index (χ0v) is 14.5. The second kappa shape index (κ2) is 7.23. The molecular formula is C22H19N3O. The van der Waals surface area contributed by atoms with Crippen LogP contribution in [-0.4, -0.2) is 9.97 Å². The van der Waals surface area contributed by atoms with Crippen molar-refractivity contribution in [1.82, 2.24) is 9.97 Å². The van der Waals surface area contributed by atoms with Gasteiger partial charge in [-0.2, -0.15) is 0 Å². The highest BCUT2D eigenvalue weighted by molar-refractivity contribution is 5.91. The molecule has 0 aliphatic rings. The fraction of sp³-hybridized carbons (Fsp3) is 0.0909. The van der Waals surface area contributed by atoms with E-state index in [-0.39, 0.29) is 0 Å². The summed E-state index contributed by atoms with van der Waals surface area (Å²) in [6, 6.07) is 24.2. The van der Waals surface area contributed by atoms with E-state index in [2.05, 4.69) is 46.5 Å². The summed E-state index contributed by atoms with van der Waals surface area (Å²) >= 11 is 0. The Morgan fingerprint density at radius 3 is 2.65 bits per heavy atom. The summed E-state index contributed by atoms with van der Waals surface area (Å²) in [7, 11) is 0. The number of anilines is 2. The van der Waals surface area contributed by atoms with Gasteiger partial charge in [0.25, 0.3) is 0 Å². The first-order chi connectivity index (χ1) is 12.8. The van der Waals surface area contributed by atoms with Crippen LogP contribution in [0.25, 0.3) is 10.9 Å². The van der Waals surface area contributed by atoms with Gasteiger partial charge in [-0.1, -0.05) is 48.0 Å². The van der Waals surface area contributed by atoms with E-state index in [1.54, 1.807) is 6.33 Å². The lowest BCUT2D eigenvalue weighted by molar-refractivity contribution is 0.306. The Morgan fingerprint density at radius 2 is 1.77 bits per heavy atom. The molecule has 0 saturated carbocycles. The average molecular weight is 341 g/mol. The first kappa shape index (κ1) is 16.1. The Hall–Kier alpha value is -3.40. The van der Waals surface area contributed by atoms with E-state index in [0.717, 1.165) is 33.7 Å². The smallest absolute Gasteiger partial charge is 0.141 e. The minimum absolute atomic E-state index is 0.542. The Morgan fingerprint density at radius 1 is 0.885 bits per heavy atom. The first-order valence-corrected chi connectivity index (χ1v) is 8.53. The van der Waals surface area contributed by atoms with E-state index in [0.29, 0.717) is 6.61 Å². The predicted molar refractivity (Wildman–Crippen MR) is 105 cm³/mol. The molecular weight excluding hydrogens is 322 g/mol. The molecule has 0 amide bonds. The molecule has 0 atom stereocenters. The van der Waals surface area contributed by atoms with Gasteiger partial charge in [0, 0.05) is 17.1 Å². The highest BCUT2D eigenvalue weighted by Gasteiger charge is 2.05. The van der Waals surface area contributed by atoms with E-state index in [4.69, 9.17) is 4.74 Å². The van der Waals surface area contributed by atoms with Crippen LogP contribution < -0.4 is 10.1 Å². The average Bonchev–Trinajstić information content (AvgIpc) is 2.68. The maximum Gasteiger partial charge on any atom is 0.141 e. The van der Waals surface area contributed by atoms with E-state index in [9.17, 15) is 0 Å². The van der Waals surface area contributed by atoms with Crippen LogP contribution in [0, 0.1) is 6.92 Å². The molecule has 4 heteroatoms. The number of nitrogens with zero attached hydrogens (tertiary/aromatic N) is 2. The highest BCUT2D eigenvalue weighted by atomic mass is 16.5. The van der Waals surface area contributed by atoms with Crippen LogP contribution in [0.15, 0.2) is 79.1 Å². The van der Waals surface area contributed by atoms with Crippen LogP contribution in [0.4, 0.5) is 11.5 Å². The lowest BCUT2D eigenvalue weighted by Gasteiger charge is -2.11. The maximum absolute atomic E-state index is 5.90. The topological polar surface area (TPSA) is 47.0 Å². The monoisotopic (exact) mass is 341 g/mol. The van der Waals surface area contributed by atoms with Crippen LogP contribution in [-0.2, 0) is 6.61 Å². The second-order valence-corrected chi connectivity index (χ2v) is 6.17. The van der Waals surface area contributed by atoms with Gasteiger partial charge in [0.1, 0.15) is 24.5 Å². The van der Waals surface area contributed by atoms with Crippen LogP contribution in [0.5, 0.6) is 5.75 Å². The predicted octanol–water partition coefficient (Wildman–Crippen LogP) is 5.26. The van der Waals surface area contributed by atoms with Crippen molar-refractivity contribution in [2.45, 2.75) is 13.5 Å². The molecule has 0 unspecified atom stereocenters. The zero-order valence-electron chi connectivity index (χ0n) is 14.5. The summed E-state index contributed by atoms with van der Waals surface area (Å²) in [5.74, 6) is 1.60. The van der Waals surface area contributed by atoms with Gasteiger partial charge >= 0.3 is 0 Å². The van der Waals surface area contributed by atoms with E-state index < -0.39 is 0 Å². The molecule has 4 aromatic rings. The summed E-state index contributed by atoms with van der Waals surface area (Å²) < 4.78 is 5.90. The first-order valence-electron chi connectivity index (χ1n) is 8.53. The fourth-order valence-electron chi connectivity index (χ4n) is 2.81. The largest absolute Gasteiger partial charge is 0.489 e. The third-order valence-electron chi connectivity index (χ3n) is 4.14. The Bertz CT molecular complexity index is 1030. The van der Waals surface area contributed by atoms with E-state index in [1.807, 2.05) is 48.5 Å². The third-order valence-corrected chi connectivity index (χ3v) is 4.14. The third kappa shape index (κ3) is 3.64. The van der Waals surface area contributed by atoms with Gasteiger partial charge in [-0.15, -0.1) is 0 Å². The zero-order chi connectivity index (χ0) is 17.8. The number of aryl methyl sites for hydroxylation is 1. The summed E-state index contributed by atoms with van der Waals surface area (Å²) in [6.45, 7) is 2.61. The molecule has 1 N–H and O–H groups in total. The van der Waals surface area contributed by atoms with Gasteiger partial charge in [-0.3, -0.25) is 0 Å². The molecule has 0 saturated heterocycles. The fourth-order valence-corrected chi connectivity index (χ4v) is 2.81. The van der Waals surface area contributed by atoms with E-state index >= 15 is 0 Å². The highest BCUT2D eigenvalue weighted by Crippen LogP contribution is 2.26. The molecule has 4 nitrogen and oxygen atoms in total. The van der Waals surface area contributed by atoms with Crippen LogP contribution in [0.2, 0.25) is 0 Å². The molecule has 128 valence electrons. The summed E-state index contributed by atoms with van der Waals surface area (Å²) in [6.07, 6.45) is 1.58. The number of hydrogen-bond donors (Lipinski definition) is 1. The van der Waals surface area contributed by atoms with Crippen molar-refractivity contribution in [2.24, 2.45) is 0 Å². The number of rotatable bonds is 5. The Balaban J connectivity index is 1.55. The summed E-state index contributed by atoms with van der Waals surface area (Å²) in [5, 5.41) is 4.38. The van der Waals surface area contributed by atoms with Crippen molar-refractivity contribution in [3.05, 3.63) is 90.3 Å². The lowest BCUT2D eigenvalue weighted by atomic mass is 10.1. The number of fused-ring (bicyclic) bond motifs is 1. The number of benzene rings is 3. The molecule has 3 aromatic carbocycles. The molecule has 1 aromatic heterocycles. The van der Waals surface area contributed by atoms with Crippen LogP contribution >= 0.6 is 0 Å². The van der Waals surface area contributed by atoms with Gasteiger partial charge in [0.05, 0.1) is 5.52 Å². The molecule has 0 radical (unpaired) electrons. The Labute approximate surface area is 152 Å². The van der Waals surface area contributed by atoms with Crippen molar-refractivity contribution in [3.8, 4) is 5.75 Å². The molecule has 0 bridgehead atoms. The van der Waals surface area contributed by atoms with Gasteiger partial charge in [0.2, 0.25) is 0 Å². The lowest BCUT2D eigenvalue weighted by Crippen LogP contribution is -1.98. The summed E-state index contributed by atoms with van der Waals surface area (Å²) in [4.78, 5) is 8.73. The van der Waals surface area contributed by atoms with Crippen LogP contribution in [0.3, 0.4) is 0 Å². The normalized spacial score (nSPS) is 10.7. The maximum atomic E-state index is 5.90.